The minimum absolute atomic E-state index is 0.00367. The van der Waals surface area contributed by atoms with Gasteiger partial charge in [0.05, 0.1) is 36.3 Å². The highest BCUT2D eigenvalue weighted by atomic mass is 19.4. The van der Waals surface area contributed by atoms with Gasteiger partial charge in [0.2, 0.25) is 0 Å². The van der Waals surface area contributed by atoms with Crippen LogP contribution in [0.1, 0.15) is 101 Å². The molecular formula is C40H36F6N8O6. The molecule has 4 N–H and O–H groups in total. The highest BCUT2D eigenvalue weighted by Gasteiger charge is 2.46. The quantitative estimate of drug-likeness (QED) is 0.101. The first kappa shape index (κ1) is 41.3. The van der Waals surface area contributed by atoms with Crippen molar-refractivity contribution in [3.8, 4) is 0 Å². The largest absolute Gasteiger partial charge is 0.478 e. The molecule has 20 heteroatoms. The average Bonchev–Trinajstić information content (AvgIpc) is 3.96. The Morgan fingerprint density at radius 3 is 1.32 bits per heavy atom. The molecule has 2 aromatic heterocycles. The summed E-state index contributed by atoms with van der Waals surface area (Å²) in [5.41, 5.74) is -1.94. The van der Waals surface area contributed by atoms with Gasteiger partial charge in [0.25, 0.3) is 11.8 Å². The zero-order valence-electron chi connectivity index (χ0n) is 31.8. The zero-order chi connectivity index (χ0) is 43.3. The van der Waals surface area contributed by atoms with Crippen molar-refractivity contribution in [3.63, 3.8) is 0 Å². The Kier molecular flexibility index (Phi) is 10.8. The number of aromatic carboxylic acids is 2. The molecular weight excluding hydrogens is 802 g/mol. The zero-order valence-corrected chi connectivity index (χ0v) is 31.8. The first-order valence-electron chi connectivity index (χ1n) is 18.5. The van der Waals surface area contributed by atoms with Crippen LogP contribution in [0.25, 0.3) is 0 Å². The van der Waals surface area contributed by atoms with E-state index in [0.29, 0.717) is 22.3 Å². The van der Waals surface area contributed by atoms with E-state index < -0.39 is 70.7 Å². The van der Waals surface area contributed by atoms with Crippen LogP contribution < -0.4 is 20.4 Å². The van der Waals surface area contributed by atoms with Gasteiger partial charge in [-0.2, -0.15) is 36.5 Å². The molecule has 3 aromatic carbocycles. The summed E-state index contributed by atoms with van der Waals surface area (Å²) in [7, 11) is 0. The number of nitrogens with zero attached hydrogens (tertiary/aromatic N) is 6. The molecule has 0 aliphatic carbocycles. The number of anilines is 2. The number of rotatable bonds is 12. The van der Waals surface area contributed by atoms with E-state index in [1.54, 1.807) is 47.9 Å². The molecule has 0 spiro atoms. The van der Waals surface area contributed by atoms with Crippen LogP contribution in [0.3, 0.4) is 0 Å². The maximum Gasteiger partial charge on any atom is 0.436 e. The summed E-state index contributed by atoms with van der Waals surface area (Å²) in [4.78, 5) is 52.9. The third-order valence-corrected chi connectivity index (χ3v) is 10.4. The number of hydrogen-bond donors (Lipinski definition) is 4. The van der Waals surface area contributed by atoms with Gasteiger partial charge < -0.3 is 30.6 Å². The highest BCUT2D eigenvalue weighted by Crippen LogP contribution is 2.40. The standard InChI is InChI=1S/C40H36F6N8O6/c1-21(25-6-10-27(11-7-25)37(57)58)47-33(55)29-31(39(41,42)43)49-53-16-14-51(35(29)53)19-23-4-3-5-24(18-23)20-52-15-17-54-36(52)30(32(50-54)40(44,45)46)34(56)48-22(2)26-8-12-28(13-9-26)38(59)60/h3-13,18,21-22H,14-17,19-20H2,1-2H3,(H,47,55)(H,48,56)(H,57,58)(H,59,60)/t21-,22-/m0/s1. The molecule has 2 amide bonds. The van der Waals surface area contributed by atoms with Crippen LogP contribution in [-0.2, 0) is 38.5 Å². The van der Waals surface area contributed by atoms with Crippen molar-refractivity contribution in [2.24, 2.45) is 0 Å². The molecule has 2 aliphatic rings. The normalized spacial score (nSPS) is 14.7. The van der Waals surface area contributed by atoms with Crippen molar-refractivity contribution < 1.29 is 55.7 Å². The summed E-state index contributed by atoms with van der Waals surface area (Å²) in [6, 6.07) is 16.3. The summed E-state index contributed by atoms with van der Waals surface area (Å²) >= 11 is 0. The van der Waals surface area contributed by atoms with Crippen molar-refractivity contribution in [2.45, 2.75) is 64.5 Å². The number of carbonyl (C=O) groups excluding carboxylic acids is 2. The van der Waals surface area contributed by atoms with Crippen LogP contribution >= 0.6 is 0 Å². The van der Waals surface area contributed by atoms with Crippen LogP contribution in [0, 0.1) is 0 Å². The molecule has 0 saturated heterocycles. The smallest absolute Gasteiger partial charge is 0.436 e. The molecule has 0 unspecified atom stereocenters. The van der Waals surface area contributed by atoms with Crippen LogP contribution in [0.15, 0.2) is 72.8 Å². The molecule has 5 aromatic rings. The lowest BCUT2D eigenvalue weighted by atomic mass is 10.0. The Morgan fingerprint density at radius 2 is 0.983 bits per heavy atom. The number of amides is 2. The summed E-state index contributed by atoms with van der Waals surface area (Å²) < 4.78 is 88.2. The number of hydrogen-bond acceptors (Lipinski definition) is 8. The number of carboxylic acids is 2. The number of alkyl halides is 6. The number of aromatic nitrogens is 4. The molecule has 60 heavy (non-hydrogen) atoms. The Morgan fingerprint density at radius 1 is 0.617 bits per heavy atom. The summed E-state index contributed by atoms with van der Waals surface area (Å²) in [5, 5.41) is 31.1. The Balaban J connectivity index is 1.11. The molecule has 14 nitrogen and oxygen atoms in total. The van der Waals surface area contributed by atoms with Crippen molar-refractivity contribution in [1.82, 2.24) is 30.2 Å². The summed E-state index contributed by atoms with van der Waals surface area (Å²) in [6.45, 7) is 3.70. The van der Waals surface area contributed by atoms with E-state index in [-0.39, 0.29) is 62.0 Å². The molecule has 2 aliphatic heterocycles. The first-order chi connectivity index (χ1) is 28.3. The lowest BCUT2D eigenvalue weighted by molar-refractivity contribution is -0.142. The molecule has 7 rings (SSSR count). The van der Waals surface area contributed by atoms with Gasteiger partial charge >= 0.3 is 24.3 Å². The van der Waals surface area contributed by atoms with E-state index in [4.69, 9.17) is 0 Å². The average molecular weight is 839 g/mol. The second-order valence-corrected chi connectivity index (χ2v) is 14.4. The highest BCUT2D eigenvalue weighted by molar-refractivity contribution is 6.02. The van der Waals surface area contributed by atoms with Gasteiger partial charge in [0.1, 0.15) is 22.8 Å². The third kappa shape index (κ3) is 8.21. The molecule has 2 atom stereocenters. The van der Waals surface area contributed by atoms with Crippen molar-refractivity contribution >= 4 is 35.4 Å². The van der Waals surface area contributed by atoms with Gasteiger partial charge in [-0.25, -0.2) is 19.0 Å². The third-order valence-electron chi connectivity index (χ3n) is 10.4. The predicted molar refractivity (Wildman–Crippen MR) is 202 cm³/mol. The second kappa shape index (κ2) is 15.7. The van der Waals surface area contributed by atoms with Crippen molar-refractivity contribution in [2.75, 3.05) is 22.9 Å². The molecule has 0 radical (unpaired) electrons. The van der Waals surface area contributed by atoms with Crippen LogP contribution in [0.5, 0.6) is 0 Å². The lowest BCUT2D eigenvalue weighted by Crippen LogP contribution is -2.31. The first-order valence-corrected chi connectivity index (χ1v) is 18.5. The van der Waals surface area contributed by atoms with Crippen LogP contribution in [0.4, 0.5) is 38.0 Å². The number of carbonyl (C=O) groups is 4. The topological polar surface area (TPSA) is 175 Å². The fourth-order valence-electron chi connectivity index (χ4n) is 7.43. The monoisotopic (exact) mass is 838 g/mol. The molecule has 0 fully saturated rings. The van der Waals surface area contributed by atoms with Gasteiger partial charge in [-0.15, -0.1) is 0 Å². The van der Waals surface area contributed by atoms with Gasteiger partial charge in [0.15, 0.2) is 11.4 Å². The number of benzene rings is 3. The number of nitrogens with one attached hydrogen (secondary N) is 2. The van der Waals surface area contributed by atoms with E-state index in [2.05, 4.69) is 20.8 Å². The second-order valence-electron chi connectivity index (χ2n) is 14.4. The van der Waals surface area contributed by atoms with Gasteiger partial charge in [-0.05, 0) is 60.4 Å². The Hall–Kier alpha value is -6.86. The van der Waals surface area contributed by atoms with E-state index in [1.165, 1.54) is 48.5 Å². The fraction of sp³-hybridized carbons (Fsp3) is 0.300. The minimum Gasteiger partial charge on any atom is -0.478 e. The van der Waals surface area contributed by atoms with Crippen LogP contribution in [-0.4, -0.2) is 66.6 Å². The maximum absolute atomic E-state index is 14.3. The van der Waals surface area contributed by atoms with E-state index >= 15 is 0 Å². The number of halogens is 6. The molecule has 314 valence electrons. The minimum atomic E-state index is -4.97. The molecule has 4 heterocycles. The van der Waals surface area contributed by atoms with E-state index in [1.807, 2.05) is 0 Å². The molecule has 0 bridgehead atoms. The summed E-state index contributed by atoms with van der Waals surface area (Å²) in [6.07, 6.45) is -9.95. The predicted octanol–water partition coefficient (Wildman–Crippen LogP) is 6.54. The van der Waals surface area contributed by atoms with Crippen molar-refractivity contribution in [1.29, 1.82) is 0 Å². The SMILES string of the molecule is C[C@H](NC(=O)c1c(C(F)(F)F)nn2c1N(Cc1cccc(CN3CCn4nc(C(F)(F)F)c(C(=O)N[C@@H](C)c5ccc(C(=O)O)cc5)c43)c1)CC2)c1ccc(C(=O)O)cc1. The molecule has 0 saturated carbocycles. The maximum atomic E-state index is 14.3. The fourth-order valence-corrected chi connectivity index (χ4v) is 7.43. The van der Waals surface area contributed by atoms with Gasteiger partial charge in [-0.3, -0.25) is 9.59 Å². The Bertz CT molecular complexity index is 2310. The lowest BCUT2D eigenvalue weighted by Gasteiger charge is -2.23. The van der Waals surface area contributed by atoms with Gasteiger partial charge in [-0.1, -0.05) is 48.5 Å². The number of fused-ring (bicyclic) bond motifs is 2. The van der Waals surface area contributed by atoms with Gasteiger partial charge in [0, 0.05) is 26.2 Å². The number of carboxylic acid groups (broad SMARTS) is 2. The Labute approximate surface area is 337 Å². The van der Waals surface area contributed by atoms with Crippen LogP contribution in [0.2, 0.25) is 0 Å². The van der Waals surface area contributed by atoms with E-state index in [9.17, 15) is 55.7 Å². The van der Waals surface area contributed by atoms with Crippen molar-refractivity contribution in [3.05, 3.63) is 129 Å². The summed E-state index contributed by atoms with van der Waals surface area (Å²) in [5.74, 6) is -4.50. The van der Waals surface area contributed by atoms with E-state index in [0.717, 1.165) is 9.36 Å².